The Hall–Kier alpha value is -0.0400. The minimum absolute atomic E-state index is 0.420. The van der Waals surface area contributed by atoms with E-state index in [0.717, 1.165) is 6.42 Å². The van der Waals surface area contributed by atoms with Gasteiger partial charge < -0.3 is 5.11 Å². The van der Waals surface area contributed by atoms with Crippen molar-refractivity contribution in [2.45, 2.75) is 148 Å². The van der Waals surface area contributed by atoms with Crippen molar-refractivity contribution in [3.05, 3.63) is 0 Å². The Kier molecular flexibility index (Phi) is 13.8. The van der Waals surface area contributed by atoms with Crippen LogP contribution in [0.3, 0.4) is 0 Å². The summed E-state index contributed by atoms with van der Waals surface area (Å²) >= 11 is 0. The molecule has 0 amide bonds. The van der Waals surface area contributed by atoms with E-state index in [1.807, 2.05) is 0 Å². The first-order chi connectivity index (χ1) is 12.6. The molecule has 0 aromatic rings. The van der Waals surface area contributed by atoms with Crippen LogP contribution >= 0.6 is 0 Å². The third-order valence-corrected chi connectivity index (χ3v) is 6.80. The minimum Gasteiger partial charge on any atom is -0.390 e. The summed E-state index contributed by atoms with van der Waals surface area (Å²) in [5.41, 5.74) is -0.420. The zero-order chi connectivity index (χ0) is 19.1. The Morgan fingerprint density at radius 2 is 1.23 bits per heavy atom. The molecule has 1 fully saturated rings. The van der Waals surface area contributed by atoms with E-state index >= 15 is 0 Å². The predicted octanol–water partition coefficient (Wildman–Crippen LogP) is 8.44. The van der Waals surface area contributed by atoms with Crippen molar-refractivity contribution >= 4 is 0 Å². The molecule has 26 heavy (non-hydrogen) atoms. The summed E-state index contributed by atoms with van der Waals surface area (Å²) in [5, 5.41) is 10.9. The fraction of sp³-hybridized carbons (Fsp3) is 1.00. The van der Waals surface area contributed by atoms with Gasteiger partial charge in [0.15, 0.2) is 0 Å². The zero-order valence-corrected chi connectivity index (χ0v) is 18.5. The average Bonchev–Trinajstić information content (AvgIpc) is 2.63. The second-order valence-corrected chi connectivity index (χ2v) is 9.68. The van der Waals surface area contributed by atoms with Crippen LogP contribution in [0.4, 0.5) is 0 Å². The van der Waals surface area contributed by atoms with Gasteiger partial charge in [-0.15, -0.1) is 0 Å². The first kappa shape index (κ1) is 24.0. The molecule has 0 bridgehead atoms. The number of rotatable bonds is 16. The standard InChI is InChI=1S/C25H50O/c1-4-5-6-7-8-9-10-11-12-13-14-16-19-23(2)22-25(3,26)24-20-17-15-18-21-24/h23-24,26H,4-22H2,1-3H3. The van der Waals surface area contributed by atoms with Gasteiger partial charge in [0, 0.05) is 0 Å². The molecule has 0 radical (unpaired) electrons. The number of hydrogen-bond acceptors (Lipinski definition) is 1. The van der Waals surface area contributed by atoms with Crippen LogP contribution in [0.5, 0.6) is 0 Å². The molecule has 0 aromatic carbocycles. The first-order valence-electron chi connectivity index (χ1n) is 12.3. The molecule has 0 heterocycles. The third-order valence-electron chi connectivity index (χ3n) is 6.80. The van der Waals surface area contributed by atoms with Crippen LogP contribution in [-0.2, 0) is 0 Å². The molecule has 1 N–H and O–H groups in total. The van der Waals surface area contributed by atoms with E-state index in [-0.39, 0.29) is 0 Å². The highest BCUT2D eigenvalue weighted by Crippen LogP contribution is 2.37. The average molecular weight is 367 g/mol. The number of unbranched alkanes of at least 4 members (excludes halogenated alkanes) is 11. The van der Waals surface area contributed by atoms with Crippen LogP contribution in [0, 0.1) is 11.8 Å². The van der Waals surface area contributed by atoms with E-state index in [1.165, 1.54) is 116 Å². The predicted molar refractivity (Wildman–Crippen MR) is 117 cm³/mol. The van der Waals surface area contributed by atoms with Gasteiger partial charge in [-0.05, 0) is 38.0 Å². The van der Waals surface area contributed by atoms with Gasteiger partial charge in [-0.25, -0.2) is 0 Å². The van der Waals surface area contributed by atoms with Gasteiger partial charge in [-0.3, -0.25) is 0 Å². The molecule has 0 aromatic heterocycles. The molecule has 2 unspecified atom stereocenters. The lowest BCUT2D eigenvalue weighted by Gasteiger charge is -2.37. The summed E-state index contributed by atoms with van der Waals surface area (Å²) in [7, 11) is 0. The smallest absolute Gasteiger partial charge is 0.0650 e. The molecular weight excluding hydrogens is 316 g/mol. The Balaban J connectivity index is 1.92. The van der Waals surface area contributed by atoms with Gasteiger partial charge in [0.2, 0.25) is 0 Å². The fourth-order valence-corrected chi connectivity index (χ4v) is 5.03. The van der Waals surface area contributed by atoms with Crippen molar-refractivity contribution in [3.63, 3.8) is 0 Å². The Morgan fingerprint density at radius 3 is 1.73 bits per heavy atom. The van der Waals surface area contributed by atoms with Crippen molar-refractivity contribution in [1.29, 1.82) is 0 Å². The molecule has 1 rings (SSSR count). The highest BCUT2D eigenvalue weighted by Gasteiger charge is 2.33. The molecule has 1 nitrogen and oxygen atoms in total. The van der Waals surface area contributed by atoms with E-state index < -0.39 is 5.60 Å². The topological polar surface area (TPSA) is 20.2 Å². The minimum atomic E-state index is -0.420. The third kappa shape index (κ3) is 11.6. The van der Waals surface area contributed by atoms with E-state index in [1.54, 1.807) is 0 Å². The molecule has 1 aliphatic rings. The summed E-state index contributed by atoms with van der Waals surface area (Å²) in [5.74, 6) is 1.23. The van der Waals surface area contributed by atoms with Crippen molar-refractivity contribution in [3.8, 4) is 0 Å². The highest BCUT2D eigenvalue weighted by atomic mass is 16.3. The van der Waals surface area contributed by atoms with Crippen LogP contribution in [0.25, 0.3) is 0 Å². The summed E-state index contributed by atoms with van der Waals surface area (Å²) in [4.78, 5) is 0. The number of hydrogen-bond donors (Lipinski definition) is 1. The second kappa shape index (κ2) is 14.9. The quantitative estimate of drug-likeness (QED) is 0.272. The summed E-state index contributed by atoms with van der Waals surface area (Å²) in [6.45, 7) is 6.76. The van der Waals surface area contributed by atoms with E-state index in [2.05, 4.69) is 20.8 Å². The van der Waals surface area contributed by atoms with Gasteiger partial charge in [0.1, 0.15) is 0 Å². The SMILES string of the molecule is CCCCCCCCCCCCCCC(C)CC(C)(O)C1CCCCC1. The number of aliphatic hydroxyl groups is 1. The van der Waals surface area contributed by atoms with Crippen molar-refractivity contribution in [1.82, 2.24) is 0 Å². The van der Waals surface area contributed by atoms with Crippen molar-refractivity contribution in [2.24, 2.45) is 11.8 Å². The van der Waals surface area contributed by atoms with Crippen LogP contribution in [0.15, 0.2) is 0 Å². The fourth-order valence-electron chi connectivity index (χ4n) is 5.03. The Bertz CT molecular complexity index is 303. The Morgan fingerprint density at radius 1 is 0.769 bits per heavy atom. The van der Waals surface area contributed by atoms with Crippen LogP contribution in [-0.4, -0.2) is 10.7 Å². The lowest BCUT2D eigenvalue weighted by Crippen LogP contribution is -2.37. The molecule has 0 spiro atoms. The lowest BCUT2D eigenvalue weighted by molar-refractivity contribution is -0.0352. The monoisotopic (exact) mass is 366 g/mol. The summed E-state index contributed by atoms with van der Waals surface area (Å²) in [6, 6.07) is 0. The van der Waals surface area contributed by atoms with Crippen molar-refractivity contribution in [2.75, 3.05) is 0 Å². The van der Waals surface area contributed by atoms with Gasteiger partial charge in [-0.2, -0.15) is 0 Å². The first-order valence-corrected chi connectivity index (χ1v) is 12.3. The molecule has 2 atom stereocenters. The largest absolute Gasteiger partial charge is 0.390 e. The van der Waals surface area contributed by atoms with Crippen LogP contribution in [0.2, 0.25) is 0 Å². The summed E-state index contributed by atoms with van der Waals surface area (Å²) in [6.07, 6.45) is 25.9. The molecule has 1 heteroatoms. The van der Waals surface area contributed by atoms with Crippen molar-refractivity contribution < 1.29 is 5.11 Å². The normalized spacial score (nSPS) is 19.4. The highest BCUT2D eigenvalue weighted by molar-refractivity contribution is 4.85. The second-order valence-electron chi connectivity index (χ2n) is 9.68. The Labute approximate surface area is 165 Å². The molecular formula is C25H50O. The molecule has 1 saturated carbocycles. The van der Waals surface area contributed by atoms with E-state index in [0.29, 0.717) is 11.8 Å². The van der Waals surface area contributed by atoms with E-state index in [9.17, 15) is 5.11 Å². The molecule has 0 aliphatic heterocycles. The van der Waals surface area contributed by atoms with E-state index in [4.69, 9.17) is 0 Å². The maximum Gasteiger partial charge on any atom is 0.0650 e. The molecule has 1 aliphatic carbocycles. The summed E-state index contributed by atoms with van der Waals surface area (Å²) < 4.78 is 0. The van der Waals surface area contributed by atoms with Gasteiger partial charge in [0.25, 0.3) is 0 Å². The zero-order valence-electron chi connectivity index (χ0n) is 18.5. The van der Waals surface area contributed by atoms with Crippen LogP contribution < -0.4 is 0 Å². The van der Waals surface area contributed by atoms with Gasteiger partial charge in [0.05, 0.1) is 5.60 Å². The molecule has 156 valence electrons. The lowest BCUT2D eigenvalue weighted by atomic mass is 9.73. The van der Waals surface area contributed by atoms with Gasteiger partial charge >= 0.3 is 0 Å². The van der Waals surface area contributed by atoms with Crippen LogP contribution in [0.1, 0.15) is 143 Å². The maximum absolute atomic E-state index is 10.9. The molecule has 0 saturated heterocycles. The maximum atomic E-state index is 10.9. The van der Waals surface area contributed by atoms with Gasteiger partial charge in [-0.1, -0.05) is 117 Å².